The number of methoxy groups -OCH3 is 2. The number of halogens is 3. The summed E-state index contributed by atoms with van der Waals surface area (Å²) in [7, 11) is 4.66. The number of anilines is 2. The second kappa shape index (κ2) is 14.3. The van der Waals surface area contributed by atoms with Crippen LogP contribution in [0.2, 0.25) is 0 Å². The quantitative estimate of drug-likeness (QED) is 0.285. The van der Waals surface area contributed by atoms with Gasteiger partial charge in [-0.05, 0) is 47.7 Å². The minimum Gasteiger partial charge on any atom is -0.494 e. The summed E-state index contributed by atoms with van der Waals surface area (Å²) in [4.78, 5) is 4.30. The molecule has 0 spiro atoms. The Morgan fingerprint density at radius 3 is 2.11 bits per heavy atom. The lowest BCUT2D eigenvalue weighted by Crippen LogP contribution is -2.14. The van der Waals surface area contributed by atoms with Gasteiger partial charge < -0.3 is 20.1 Å². The van der Waals surface area contributed by atoms with Crippen LogP contribution in [0.5, 0.6) is 5.75 Å². The summed E-state index contributed by atoms with van der Waals surface area (Å²) in [5.74, 6) is 0.652. The molecule has 3 aromatic rings. The molecule has 3 rings (SSSR count). The predicted octanol–water partition coefficient (Wildman–Crippen LogP) is 7.89. The molecule has 0 amide bonds. The number of ether oxygens (including phenoxy) is 2. The highest BCUT2D eigenvalue weighted by atomic mass is 19.4. The van der Waals surface area contributed by atoms with E-state index in [1.54, 1.807) is 26.3 Å². The predicted molar refractivity (Wildman–Crippen MR) is 147 cm³/mol. The van der Waals surface area contributed by atoms with E-state index in [9.17, 15) is 13.2 Å². The van der Waals surface area contributed by atoms with Gasteiger partial charge in [-0.3, -0.25) is 4.99 Å². The Morgan fingerprint density at radius 2 is 1.62 bits per heavy atom. The van der Waals surface area contributed by atoms with Gasteiger partial charge in [-0.25, -0.2) is 0 Å². The molecule has 0 aliphatic heterocycles. The Balaban J connectivity index is 0.00000112. The molecule has 0 fully saturated rings. The molecule has 0 unspecified atom stereocenters. The number of para-hydroxylation sites is 1. The minimum atomic E-state index is -4.61. The van der Waals surface area contributed by atoms with Crippen LogP contribution in [-0.2, 0) is 17.5 Å². The number of aliphatic imine (C=N–C) groups is 1. The van der Waals surface area contributed by atoms with E-state index in [4.69, 9.17) is 4.74 Å². The van der Waals surface area contributed by atoms with Crippen molar-refractivity contribution in [3.63, 3.8) is 0 Å². The highest BCUT2D eigenvalue weighted by Crippen LogP contribution is 2.47. The van der Waals surface area contributed by atoms with Gasteiger partial charge in [-0.15, -0.1) is 0 Å². The second-order valence-electron chi connectivity index (χ2n) is 8.46. The van der Waals surface area contributed by atoms with E-state index in [0.717, 1.165) is 17.9 Å². The normalized spacial score (nSPS) is 11.3. The first-order valence-electron chi connectivity index (χ1n) is 12.1. The number of nitrogens with zero attached hydrogens (tertiary/aromatic N) is 1. The smallest absolute Gasteiger partial charge is 0.418 e. The maximum Gasteiger partial charge on any atom is 0.418 e. The highest BCUT2D eigenvalue weighted by Gasteiger charge is 2.38. The first-order chi connectivity index (χ1) is 17.7. The summed E-state index contributed by atoms with van der Waals surface area (Å²) in [5.41, 5.74) is 1.80. The number of benzene rings is 3. The van der Waals surface area contributed by atoms with Gasteiger partial charge in [0.25, 0.3) is 0 Å². The van der Waals surface area contributed by atoms with Crippen LogP contribution in [0, 0.1) is 0 Å². The molecule has 37 heavy (non-hydrogen) atoms. The van der Waals surface area contributed by atoms with Gasteiger partial charge in [0.2, 0.25) is 0 Å². The molecular weight excluding hydrogens is 479 g/mol. The Hall–Kier alpha value is -3.52. The summed E-state index contributed by atoms with van der Waals surface area (Å²) < 4.78 is 52.8. The van der Waals surface area contributed by atoms with Crippen molar-refractivity contribution in [2.24, 2.45) is 4.99 Å². The molecule has 0 aromatic heterocycles. The summed E-state index contributed by atoms with van der Waals surface area (Å²) in [6.07, 6.45) is -3.16. The summed E-state index contributed by atoms with van der Waals surface area (Å²) in [5, 5.41) is 5.88. The van der Waals surface area contributed by atoms with E-state index in [-0.39, 0.29) is 29.2 Å². The second-order valence-corrected chi connectivity index (χ2v) is 8.46. The van der Waals surface area contributed by atoms with Crippen molar-refractivity contribution in [3.8, 4) is 5.75 Å². The van der Waals surface area contributed by atoms with Gasteiger partial charge in [0.05, 0.1) is 12.7 Å². The molecule has 3 aromatic carbocycles. The Kier molecular flexibility index (Phi) is 11.5. The van der Waals surface area contributed by atoms with E-state index < -0.39 is 11.7 Å². The molecule has 0 heterocycles. The number of hydrogen-bond acceptors (Lipinski definition) is 5. The summed E-state index contributed by atoms with van der Waals surface area (Å²) in [6, 6.07) is 18.1. The molecule has 0 aliphatic rings. The minimum absolute atomic E-state index is 0.0369. The lowest BCUT2D eigenvalue weighted by molar-refractivity contribution is -0.137. The van der Waals surface area contributed by atoms with Crippen LogP contribution in [0.15, 0.2) is 65.7 Å². The Labute approximate surface area is 217 Å². The molecule has 0 saturated carbocycles. The molecule has 0 bridgehead atoms. The average Bonchev–Trinajstić information content (AvgIpc) is 2.90. The maximum absolute atomic E-state index is 14.3. The molecule has 5 nitrogen and oxygen atoms in total. The monoisotopic (exact) mass is 515 g/mol. The molecule has 0 atom stereocenters. The number of hydrogen-bond donors (Lipinski definition) is 2. The van der Waals surface area contributed by atoms with Crippen LogP contribution >= 0.6 is 0 Å². The topological polar surface area (TPSA) is 54.9 Å². The SMILES string of the molecule is CCOC.CNc1c(OC)cc(CNc2ccccc2)c(C(F)(F)F)c1N=Cc1ccc(C(C)C)cc1. The lowest BCUT2D eigenvalue weighted by Gasteiger charge is -2.21. The van der Waals surface area contributed by atoms with Gasteiger partial charge in [-0.2, -0.15) is 13.2 Å². The molecule has 0 radical (unpaired) electrons. The van der Waals surface area contributed by atoms with Crippen molar-refractivity contribution in [1.82, 2.24) is 0 Å². The van der Waals surface area contributed by atoms with Crippen molar-refractivity contribution in [3.05, 3.63) is 82.9 Å². The van der Waals surface area contributed by atoms with E-state index in [2.05, 4.69) is 34.2 Å². The number of rotatable bonds is 9. The first-order valence-corrected chi connectivity index (χ1v) is 12.1. The van der Waals surface area contributed by atoms with E-state index in [1.165, 1.54) is 19.4 Å². The van der Waals surface area contributed by atoms with Crippen LogP contribution in [0.3, 0.4) is 0 Å². The third kappa shape index (κ3) is 8.53. The largest absolute Gasteiger partial charge is 0.494 e. The Bertz CT molecular complexity index is 1130. The van der Waals surface area contributed by atoms with E-state index in [1.807, 2.05) is 49.4 Å². The zero-order chi connectivity index (χ0) is 27.4. The molecule has 2 N–H and O–H groups in total. The Morgan fingerprint density at radius 1 is 1.00 bits per heavy atom. The van der Waals surface area contributed by atoms with Gasteiger partial charge in [0, 0.05) is 39.2 Å². The zero-order valence-electron chi connectivity index (χ0n) is 22.2. The summed E-state index contributed by atoms with van der Waals surface area (Å²) in [6.45, 7) is 6.91. The molecule has 0 saturated heterocycles. The number of alkyl halides is 3. The van der Waals surface area contributed by atoms with Crippen LogP contribution in [0.25, 0.3) is 0 Å². The van der Waals surface area contributed by atoms with Gasteiger partial charge in [0.15, 0.2) is 0 Å². The molecule has 200 valence electrons. The third-order valence-corrected chi connectivity index (χ3v) is 5.59. The molecular formula is C29H36F3N3O2. The van der Waals surface area contributed by atoms with E-state index in [0.29, 0.717) is 11.5 Å². The maximum atomic E-state index is 14.3. The van der Waals surface area contributed by atoms with Crippen molar-refractivity contribution >= 4 is 23.3 Å². The van der Waals surface area contributed by atoms with Gasteiger partial charge in [0.1, 0.15) is 17.1 Å². The fourth-order valence-electron chi connectivity index (χ4n) is 3.54. The molecule has 0 aliphatic carbocycles. The fourth-order valence-corrected chi connectivity index (χ4v) is 3.54. The van der Waals surface area contributed by atoms with Crippen molar-refractivity contribution in [2.45, 2.75) is 39.4 Å². The summed E-state index contributed by atoms with van der Waals surface area (Å²) >= 11 is 0. The van der Waals surface area contributed by atoms with Crippen molar-refractivity contribution < 1.29 is 22.6 Å². The van der Waals surface area contributed by atoms with E-state index >= 15 is 0 Å². The van der Waals surface area contributed by atoms with Crippen LogP contribution in [0.1, 0.15) is 48.9 Å². The van der Waals surface area contributed by atoms with Gasteiger partial charge >= 0.3 is 6.18 Å². The lowest BCUT2D eigenvalue weighted by atomic mass is 10.0. The fraction of sp³-hybridized carbons (Fsp3) is 0.345. The van der Waals surface area contributed by atoms with Crippen LogP contribution < -0.4 is 15.4 Å². The average molecular weight is 516 g/mol. The first kappa shape index (κ1) is 29.7. The standard InChI is InChI=1S/C26H28F3N3O.C3H8O/c1-17(2)19-12-10-18(11-13-19)15-32-25-23(26(27,28)29)20(14-22(33-4)24(25)30-3)16-31-21-8-6-5-7-9-21;1-3-4-2/h5-15,17,30-31H,16H2,1-4H3;3H2,1-2H3. The van der Waals surface area contributed by atoms with Crippen LogP contribution in [-0.4, -0.2) is 34.1 Å². The van der Waals surface area contributed by atoms with Crippen molar-refractivity contribution in [1.29, 1.82) is 0 Å². The highest BCUT2D eigenvalue weighted by molar-refractivity contribution is 5.87. The van der Waals surface area contributed by atoms with Gasteiger partial charge in [-0.1, -0.05) is 56.3 Å². The van der Waals surface area contributed by atoms with Crippen LogP contribution in [0.4, 0.5) is 30.2 Å². The molecule has 8 heteroatoms. The number of nitrogens with one attached hydrogen (secondary N) is 2. The van der Waals surface area contributed by atoms with Crippen molar-refractivity contribution in [2.75, 3.05) is 38.5 Å². The zero-order valence-corrected chi connectivity index (χ0v) is 22.2. The third-order valence-electron chi connectivity index (χ3n) is 5.59.